The topological polar surface area (TPSA) is 27.3 Å². The Hall–Kier alpha value is -1.43. The fourth-order valence-electron chi connectivity index (χ4n) is 2.11. The van der Waals surface area contributed by atoms with Crippen molar-refractivity contribution in [2.24, 2.45) is 0 Å². The Bertz CT molecular complexity index is 576. The summed E-state index contributed by atoms with van der Waals surface area (Å²) in [5.41, 5.74) is 2.49. The number of benzene rings is 1. The highest BCUT2D eigenvalue weighted by Gasteiger charge is 2.16. The zero-order valence-corrected chi connectivity index (χ0v) is 14.9. The molecule has 2 aromatic rings. The third kappa shape index (κ3) is 5.09. The van der Waals surface area contributed by atoms with Crippen molar-refractivity contribution in [3.8, 4) is 0 Å². The first-order valence-electron chi connectivity index (χ1n) is 7.35. The van der Waals surface area contributed by atoms with Crippen LogP contribution in [-0.4, -0.2) is 37.2 Å². The first-order chi connectivity index (χ1) is 10.6. The van der Waals surface area contributed by atoms with Crippen molar-refractivity contribution in [3.05, 3.63) is 57.8 Å². The Morgan fingerprint density at radius 2 is 1.95 bits per heavy atom. The molecule has 22 heavy (non-hydrogen) atoms. The van der Waals surface area contributed by atoms with Crippen molar-refractivity contribution in [1.29, 1.82) is 0 Å². The van der Waals surface area contributed by atoms with Gasteiger partial charge in [-0.1, -0.05) is 35.9 Å². The lowest BCUT2D eigenvalue weighted by Crippen LogP contribution is -2.40. The van der Waals surface area contributed by atoms with Gasteiger partial charge in [0.25, 0.3) is 0 Å². The van der Waals surface area contributed by atoms with Crippen LogP contribution < -0.4 is 10.6 Å². The average Bonchev–Trinajstić information content (AvgIpc) is 2.99. The van der Waals surface area contributed by atoms with Gasteiger partial charge in [0, 0.05) is 18.0 Å². The molecule has 1 atom stereocenters. The Morgan fingerprint density at radius 3 is 2.55 bits per heavy atom. The van der Waals surface area contributed by atoms with E-state index in [4.69, 9.17) is 12.2 Å². The molecule has 118 valence electrons. The van der Waals surface area contributed by atoms with Crippen molar-refractivity contribution >= 4 is 28.7 Å². The van der Waals surface area contributed by atoms with Crippen molar-refractivity contribution < 1.29 is 0 Å². The summed E-state index contributed by atoms with van der Waals surface area (Å²) in [7, 11) is 4.11. The summed E-state index contributed by atoms with van der Waals surface area (Å²) in [6.45, 7) is 3.89. The average molecular weight is 334 g/mol. The zero-order chi connectivity index (χ0) is 15.9. The molecule has 0 amide bonds. The highest BCUT2D eigenvalue weighted by atomic mass is 32.1. The van der Waals surface area contributed by atoms with E-state index >= 15 is 0 Å². The van der Waals surface area contributed by atoms with Gasteiger partial charge in [-0.2, -0.15) is 0 Å². The molecular weight excluding hydrogens is 310 g/mol. The zero-order valence-electron chi connectivity index (χ0n) is 13.3. The van der Waals surface area contributed by atoms with Gasteiger partial charge in [-0.3, -0.25) is 0 Å². The molecule has 1 heterocycles. The molecule has 0 saturated carbocycles. The standard InChI is InChI=1S/C17H23N3S2/c1-13-6-8-14(9-7-13)16(15-5-4-12-22-15)19-17(21)18-10-11-20(2)3/h4-9,12,16H,10-11H2,1-3H3,(H2,18,19,21)/t16-/m0/s1. The predicted molar refractivity (Wildman–Crippen MR) is 99.6 cm³/mol. The molecule has 1 aromatic heterocycles. The van der Waals surface area contributed by atoms with Gasteiger partial charge in [-0.15, -0.1) is 11.3 Å². The number of thiocarbonyl (C=S) groups is 1. The number of nitrogens with one attached hydrogen (secondary N) is 2. The third-order valence-electron chi connectivity index (χ3n) is 3.36. The monoisotopic (exact) mass is 333 g/mol. The molecule has 0 bridgehead atoms. The van der Waals surface area contributed by atoms with Crippen LogP contribution in [0.15, 0.2) is 41.8 Å². The maximum absolute atomic E-state index is 5.45. The summed E-state index contributed by atoms with van der Waals surface area (Å²) in [5.74, 6) is 0. The van der Waals surface area contributed by atoms with Gasteiger partial charge < -0.3 is 15.5 Å². The smallest absolute Gasteiger partial charge is 0.167 e. The summed E-state index contributed by atoms with van der Waals surface area (Å²) in [5, 5.41) is 9.51. The molecule has 5 heteroatoms. The molecular formula is C17H23N3S2. The van der Waals surface area contributed by atoms with E-state index in [2.05, 4.69) is 78.3 Å². The highest BCUT2D eigenvalue weighted by Crippen LogP contribution is 2.26. The minimum atomic E-state index is 0.0972. The maximum Gasteiger partial charge on any atom is 0.167 e. The minimum absolute atomic E-state index is 0.0972. The summed E-state index contributed by atoms with van der Waals surface area (Å²) in [6, 6.07) is 12.9. The first-order valence-corrected chi connectivity index (χ1v) is 8.64. The van der Waals surface area contributed by atoms with Gasteiger partial charge in [0.05, 0.1) is 6.04 Å². The third-order valence-corrected chi connectivity index (χ3v) is 4.56. The Kier molecular flexibility index (Phi) is 6.36. The van der Waals surface area contributed by atoms with Gasteiger partial charge in [0.15, 0.2) is 5.11 Å². The van der Waals surface area contributed by atoms with Gasteiger partial charge in [-0.05, 0) is 50.2 Å². The second-order valence-electron chi connectivity index (χ2n) is 5.56. The molecule has 0 radical (unpaired) electrons. The summed E-state index contributed by atoms with van der Waals surface area (Å²) in [6.07, 6.45) is 0. The Morgan fingerprint density at radius 1 is 1.23 bits per heavy atom. The Balaban J connectivity index is 2.06. The summed E-state index contributed by atoms with van der Waals surface area (Å²) in [4.78, 5) is 3.40. The number of hydrogen-bond acceptors (Lipinski definition) is 3. The molecule has 1 aromatic carbocycles. The normalized spacial score (nSPS) is 12.2. The summed E-state index contributed by atoms with van der Waals surface area (Å²) < 4.78 is 0. The molecule has 0 aliphatic heterocycles. The first kappa shape index (κ1) is 16.9. The number of aryl methyl sites for hydroxylation is 1. The van der Waals surface area contributed by atoms with E-state index in [1.54, 1.807) is 11.3 Å². The van der Waals surface area contributed by atoms with E-state index in [9.17, 15) is 0 Å². The van der Waals surface area contributed by atoms with Crippen molar-refractivity contribution in [2.45, 2.75) is 13.0 Å². The lowest BCUT2D eigenvalue weighted by Gasteiger charge is -2.21. The van der Waals surface area contributed by atoms with Crippen LogP contribution in [0.1, 0.15) is 22.0 Å². The highest BCUT2D eigenvalue weighted by molar-refractivity contribution is 7.80. The van der Waals surface area contributed by atoms with Crippen LogP contribution in [0, 0.1) is 6.92 Å². The molecule has 2 N–H and O–H groups in total. The summed E-state index contributed by atoms with van der Waals surface area (Å²) >= 11 is 7.19. The maximum atomic E-state index is 5.45. The van der Waals surface area contributed by atoms with E-state index in [-0.39, 0.29) is 6.04 Å². The lowest BCUT2D eigenvalue weighted by molar-refractivity contribution is 0.412. The number of hydrogen-bond donors (Lipinski definition) is 2. The van der Waals surface area contributed by atoms with E-state index < -0.39 is 0 Å². The fourth-order valence-corrected chi connectivity index (χ4v) is 3.13. The van der Waals surface area contributed by atoms with Crippen LogP contribution in [0.5, 0.6) is 0 Å². The van der Waals surface area contributed by atoms with Crippen molar-refractivity contribution in [2.75, 3.05) is 27.2 Å². The second-order valence-corrected chi connectivity index (χ2v) is 6.95. The minimum Gasteiger partial charge on any atom is -0.361 e. The van der Waals surface area contributed by atoms with E-state index in [1.807, 2.05) is 0 Å². The van der Waals surface area contributed by atoms with Gasteiger partial charge >= 0.3 is 0 Å². The SMILES string of the molecule is Cc1ccc([C@H](NC(=S)NCCN(C)C)c2cccs2)cc1. The van der Waals surface area contributed by atoms with Gasteiger partial charge in [0.1, 0.15) is 0 Å². The molecule has 0 saturated heterocycles. The Labute approximate surface area is 142 Å². The number of rotatable bonds is 6. The molecule has 0 spiro atoms. The van der Waals surface area contributed by atoms with E-state index in [0.717, 1.165) is 13.1 Å². The van der Waals surface area contributed by atoms with Crippen LogP contribution in [0.2, 0.25) is 0 Å². The van der Waals surface area contributed by atoms with E-state index in [0.29, 0.717) is 5.11 Å². The van der Waals surface area contributed by atoms with Crippen LogP contribution >= 0.6 is 23.6 Å². The number of thiophene rings is 1. The van der Waals surface area contributed by atoms with Crippen LogP contribution in [0.25, 0.3) is 0 Å². The van der Waals surface area contributed by atoms with E-state index in [1.165, 1.54) is 16.0 Å². The van der Waals surface area contributed by atoms with Crippen LogP contribution in [0.3, 0.4) is 0 Å². The second kappa shape index (κ2) is 8.27. The molecule has 0 fully saturated rings. The number of likely N-dealkylation sites (N-methyl/N-ethyl adjacent to an activating group) is 1. The van der Waals surface area contributed by atoms with Crippen molar-refractivity contribution in [3.63, 3.8) is 0 Å². The fraction of sp³-hybridized carbons (Fsp3) is 0.353. The predicted octanol–water partition coefficient (Wildman–Crippen LogP) is 3.17. The molecule has 2 rings (SSSR count). The molecule has 0 unspecified atom stereocenters. The largest absolute Gasteiger partial charge is 0.361 e. The van der Waals surface area contributed by atoms with Crippen LogP contribution in [0.4, 0.5) is 0 Å². The molecule has 0 aliphatic carbocycles. The van der Waals surface area contributed by atoms with Crippen molar-refractivity contribution in [1.82, 2.24) is 15.5 Å². The molecule has 0 aliphatic rings. The van der Waals surface area contributed by atoms with Crippen LogP contribution in [-0.2, 0) is 0 Å². The van der Waals surface area contributed by atoms with Gasteiger partial charge in [0.2, 0.25) is 0 Å². The lowest BCUT2D eigenvalue weighted by atomic mass is 10.0. The quantitative estimate of drug-likeness (QED) is 0.794. The molecule has 3 nitrogen and oxygen atoms in total. The van der Waals surface area contributed by atoms with Gasteiger partial charge in [-0.25, -0.2) is 0 Å². The number of nitrogens with zero attached hydrogens (tertiary/aromatic N) is 1.